The van der Waals surface area contributed by atoms with Crippen molar-refractivity contribution < 1.29 is 4.79 Å². The molecule has 0 saturated carbocycles. The van der Waals surface area contributed by atoms with Crippen molar-refractivity contribution in [2.45, 2.75) is 20.3 Å². The van der Waals surface area contributed by atoms with E-state index in [0.717, 1.165) is 43.2 Å². The highest BCUT2D eigenvalue weighted by Crippen LogP contribution is 2.32. The largest absolute Gasteiger partial charge is 0.342 e. The van der Waals surface area contributed by atoms with Crippen molar-refractivity contribution in [3.05, 3.63) is 34.9 Å². The molecule has 2 saturated heterocycles. The van der Waals surface area contributed by atoms with Gasteiger partial charge in [0.2, 0.25) is 5.91 Å². The van der Waals surface area contributed by atoms with Gasteiger partial charge in [-0.2, -0.15) is 0 Å². The molecular formula is C17H23ClN2O. The Morgan fingerprint density at radius 3 is 2.62 bits per heavy atom. The zero-order chi connectivity index (χ0) is 15.0. The average Bonchev–Trinajstić information content (AvgIpc) is 2.97. The maximum Gasteiger partial charge on any atom is 0.228 e. The maximum atomic E-state index is 12.9. The summed E-state index contributed by atoms with van der Waals surface area (Å²) in [5.41, 5.74) is 0.749. The van der Waals surface area contributed by atoms with Gasteiger partial charge >= 0.3 is 0 Å². The first kappa shape index (κ1) is 14.9. The van der Waals surface area contributed by atoms with Gasteiger partial charge in [0.1, 0.15) is 0 Å². The van der Waals surface area contributed by atoms with Crippen molar-refractivity contribution in [1.82, 2.24) is 10.2 Å². The van der Waals surface area contributed by atoms with Crippen molar-refractivity contribution >= 4 is 17.5 Å². The maximum absolute atomic E-state index is 12.9. The molecule has 3 nitrogen and oxygen atoms in total. The minimum atomic E-state index is -0.378. The molecule has 0 spiro atoms. The van der Waals surface area contributed by atoms with Crippen LogP contribution in [0.3, 0.4) is 0 Å². The van der Waals surface area contributed by atoms with Crippen LogP contribution in [0.2, 0.25) is 5.02 Å². The van der Waals surface area contributed by atoms with Gasteiger partial charge in [-0.05, 0) is 36.0 Å². The Labute approximate surface area is 131 Å². The van der Waals surface area contributed by atoms with E-state index in [9.17, 15) is 4.79 Å². The van der Waals surface area contributed by atoms with Crippen LogP contribution in [0.1, 0.15) is 19.4 Å². The molecule has 0 bridgehead atoms. The van der Waals surface area contributed by atoms with Crippen LogP contribution in [0.5, 0.6) is 0 Å². The summed E-state index contributed by atoms with van der Waals surface area (Å²) in [6.45, 7) is 8.03. The number of nitrogens with one attached hydrogen (secondary N) is 1. The van der Waals surface area contributed by atoms with E-state index < -0.39 is 0 Å². The van der Waals surface area contributed by atoms with Gasteiger partial charge in [0, 0.05) is 36.6 Å². The Balaban J connectivity index is 1.68. The molecule has 2 aliphatic heterocycles. The minimum absolute atomic E-state index is 0.275. The summed E-state index contributed by atoms with van der Waals surface area (Å²) in [7, 11) is 0. The number of halogens is 1. The molecule has 0 aromatic heterocycles. The normalized spacial score (nSPS) is 25.2. The van der Waals surface area contributed by atoms with Crippen molar-refractivity contribution in [2.75, 3.05) is 26.2 Å². The lowest BCUT2D eigenvalue weighted by Gasteiger charge is -2.30. The first-order valence-corrected chi connectivity index (χ1v) is 8.08. The van der Waals surface area contributed by atoms with E-state index in [2.05, 4.69) is 10.2 Å². The van der Waals surface area contributed by atoms with Gasteiger partial charge in [-0.15, -0.1) is 0 Å². The van der Waals surface area contributed by atoms with E-state index in [1.54, 1.807) is 0 Å². The van der Waals surface area contributed by atoms with E-state index in [1.807, 2.05) is 38.1 Å². The Bertz CT molecular complexity index is 531. The fourth-order valence-electron chi connectivity index (χ4n) is 3.68. The molecule has 0 radical (unpaired) electrons. The Morgan fingerprint density at radius 2 is 2.00 bits per heavy atom. The van der Waals surface area contributed by atoms with Crippen LogP contribution in [0, 0.1) is 17.3 Å². The molecule has 2 atom stereocenters. The summed E-state index contributed by atoms with van der Waals surface area (Å²) < 4.78 is 0. The van der Waals surface area contributed by atoms with Crippen LogP contribution in [-0.4, -0.2) is 37.0 Å². The summed E-state index contributed by atoms with van der Waals surface area (Å²) >= 11 is 6.04. The Hall–Kier alpha value is -1.06. The summed E-state index contributed by atoms with van der Waals surface area (Å²) in [4.78, 5) is 14.9. The minimum Gasteiger partial charge on any atom is -0.342 e. The molecule has 1 aromatic rings. The first-order chi connectivity index (χ1) is 9.95. The summed E-state index contributed by atoms with van der Waals surface area (Å²) in [5, 5.41) is 4.15. The molecule has 4 heteroatoms. The SMILES string of the molecule is CC(C)(Cc1cccc(Cl)c1)C(=O)N1C[C@H]2CNC[C@H]2C1. The van der Waals surface area contributed by atoms with E-state index in [4.69, 9.17) is 11.6 Å². The number of hydrogen-bond acceptors (Lipinski definition) is 2. The monoisotopic (exact) mass is 306 g/mol. The quantitative estimate of drug-likeness (QED) is 0.931. The molecule has 3 rings (SSSR count). The fraction of sp³-hybridized carbons (Fsp3) is 0.588. The molecule has 1 aromatic carbocycles. The van der Waals surface area contributed by atoms with Gasteiger partial charge in [0.05, 0.1) is 0 Å². The Kier molecular flexibility index (Phi) is 3.98. The van der Waals surface area contributed by atoms with Crippen LogP contribution in [0.4, 0.5) is 0 Å². The van der Waals surface area contributed by atoms with Crippen LogP contribution in [-0.2, 0) is 11.2 Å². The fourth-order valence-corrected chi connectivity index (χ4v) is 3.89. The third kappa shape index (κ3) is 3.09. The number of carbonyl (C=O) groups is 1. The number of likely N-dealkylation sites (tertiary alicyclic amines) is 1. The van der Waals surface area contributed by atoms with Gasteiger partial charge in [-0.25, -0.2) is 0 Å². The molecule has 0 aliphatic carbocycles. The standard InChI is InChI=1S/C17H23ClN2O/c1-17(2,7-12-4-3-5-15(18)6-12)16(21)20-10-13-8-19-9-14(13)11-20/h3-6,13-14,19H,7-11H2,1-2H3/t13-,14+. The molecular weight excluding hydrogens is 284 g/mol. The van der Waals surface area contributed by atoms with Crippen molar-refractivity contribution in [2.24, 2.45) is 17.3 Å². The summed E-state index contributed by atoms with van der Waals surface area (Å²) in [6.07, 6.45) is 0.733. The van der Waals surface area contributed by atoms with Gasteiger partial charge in [-0.1, -0.05) is 37.6 Å². The van der Waals surface area contributed by atoms with E-state index >= 15 is 0 Å². The van der Waals surface area contributed by atoms with Crippen molar-refractivity contribution in [3.8, 4) is 0 Å². The lowest BCUT2D eigenvalue weighted by molar-refractivity contribution is -0.139. The van der Waals surface area contributed by atoms with Crippen LogP contribution in [0.15, 0.2) is 24.3 Å². The smallest absolute Gasteiger partial charge is 0.228 e. The Morgan fingerprint density at radius 1 is 1.33 bits per heavy atom. The van der Waals surface area contributed by atoms with Crippen LogP contribution in [0.25, 0.3) is 0 Å². The first-order valence-electron chi connectivity index (χ1n) is 7.70. The molecule has 2 aliphatic rings. The molecule has 0 unspecified atom stereocenters. The number of amides is 1. The zero-order valence-electron chi connectivity index (χ0n) is 12.7. The van der Waals surface area contributed by atoms with E-state index in [0.29, 0.717) is 11.8 Å². The van der Waals surface area contributed by atoms with Gasteiger partial charge < -0.3 is 10.2 Å². The zero-order valence-corrected chi connectivity index (χ0v) is 13.5. The number of rotatable bonds is 3. The lowest BCUT2D eigenvalue weighted by atomic mass is 9.84. The van der Waals surface area contributed by atoms with Crippen molar-refractivity contribution in [3.63, 3.8) is 0 Å². The highest BCUT2D eigenvalue weighted by Gasteiger charge is 2.42. The van der Waals surface area contributed by atoms with Gasteiger partial charge in [0.15, 0.2) is 0 Å². The molecule has 1 N–H and O–H groups in total. The van der Waals surface area contributed by atoms with Gasteiger partial charge in [0.25, 0.3) is 0 Å². The number of nitrogens with zero attached hydrogens (tertiary/aromatic N) is 1. The van der Waals surface area contributed by atoms with Crippen LogP contribution >= 0.6 is 11.6 Å². The average molecular weight is 307 g/mol. The predicted molar refractivity (Wildman–Crippen MR) is 85.4 cm³/mol. The second-order valence-electron chi connectivity index (χ2n) is 7.08. The third-order valence-electron chi connectivity index (χ3n) is 4.79. The molecule has 2 heterocycles. The highest BCUT2D eigenvalue weighted by atomic mass is 35.5. The van der Waals surface area contributed by atoms with Crippen LogP contribution < -0.4 is 5.32 Å². The summed E-state index contributed by atoms with van der Waals surface area (Å²) in [6, 6.07) is 7.82. The molecule has 114 valence electrons. The number of fused-ring (bicyclic) bond motifs is 1. The number of carbonyl (C=O) groups excluding carboxylic acids is 1. The second-order valence-corrected chi connectivity index (χ2v) is 7.52. The molecule has 2 fully saturated rings. The molecule has 1 amide bonds. The van der Waals surface area contributed by atoms with E-state index in [1.165, 1.54) is 0 Å². The highest BCUT2D eigenvalue weighted by molar-refractivity contribution is 6.30. The summed E-state index contributed by atoms with van der Waals surface area (Å²) in [5.74, 6) is 1.57. The third-order valence-corrected chi connectivity index (χ3v) is 5.03. The topological polar surface area (TPSA) is 32.3 Å². The number of hydrogen-bond donors (Lipinski definition) is 1. The van der Waals surface area contributed by atoms with Crippen molar-refractivity contribution in [1.29, 1.82) is 0 Å². The van der Waals surface area contributed by atoms with E-state index in [-0.39, 0.29) is 11.3 Å². The molecule has 21 heavy (non-hydrogen) atoms. The van der Waals surface area contributed by atoms with Gasteiger partial charge in [-0.3, -0.25) is 4.79 Å². The lowest BCUT2D eigenvalue weighted by Crippen LogP contribution is -2.42. The number of benzene rings is 1. The second kappa shape index (κ2) is 5.62. The predicted octanol–water partition coefficient (Wildman–Crippen LogP) is 2.59.